The van der Waals surface area contributed by atoms with Crippen LogP contribution in [0.4, 0.5) is 5.69 Å². The largest absolute Gasteiger partial charge is 0.456 e. The van der Waals surface area contributed by atoms with E-state index in [2.05, 4.69) is 15.5 Å². The second-order valence-corrected chi connectivity index (χ2v) is 8.53. The van der Waals surface area contributed by atoms with Crippen LogP contribution in [0.1, 0.15) is 0 Å². The summed E-state index contributed by atoms with van der Waals surface area (Å²) in [7, 11) is 1.90. The molecule has 0 aliphatic carbocycles. The molecular formula is C21H17ClN4O2S2. The van der Waals surface area contributed by atoms with Gasteiger partial charge in [-0.25, -0.2) is 0 Å². The molecule has 0 aliphatic heterocycles. The summed E-state index contributed by atoms with van der Waals surface area (Å²) in [6, 6.07) is 18.4. The summed E-state index contributed by atoms with van der Waals surface area (Å²) < 4.78 is 7.65. The Morgan fingerprint density at radius 1 is 1.13 bits per heavy atom. The van der Waals surface area contributed by atoms with Crippen molar-refractivity contribution in [3.05, 3.63) is 71.1 Å². The molecular weight excluding hydrogens is 440 g/mol. The lowest BCUT2D eigenvalue weighted by Crippen LogP contribution is -2.14. The van der Waals surface area contributed by atoms with E-state index in [1.165, 1.54) is 11.8 Å². The minimum atomic E-state index is -0.125. The van der Waals surface area contributed by atoms with Crippen molar-refractivity contribution in [3.8, 4) is 22.2 Å². The third-order valence-electron chi connectivity index (χ3n) is 4.11. The maximum Gasteiger partial charge on any atom is 0.234 e. The summed E-state index contributed by atoms with van der Waals surface area (Å²) in [6.07, 6.45) is 0. The van der Waals surface area contributed by atoms with Gasteiger partial charge in [0.1, 0.15) is 11.5 Å². The van der Waals surface area contributed by atoms with E-state index in [1.54, 1.807) is 47.7 Å². The number of amides is 1. The quantitative estimate of drug-likeness (QED) is 0.360. The number of para-hydroxylation sites is 1. The van der Waals surface area contributed by atoms with Crippen LogP contribution in [0.15, 0.2) is 71.2 Å². The molecule has 2 aromatic heterocycles. The van der Waals surface area contributed by atoms with Crippen LogP contribution in [0, 0.1) is 0 Å². The van der Waals surface area contributed by atoms with Crippen LogP contribution >= 0.6 is 34.7 Å². The molecule has 1 amide bonds. The molecule has 9 heteroatoms. The van der Waals surface area contributed by atoms with Crippen molar-refractivity contribution in [2.75, 3.05) is 11.1 Å². The number of nitrogens with zero attached hydrogens (tertiary/aromatic N) is 3. The van der Waals surface area contributed by atoms with Gasteiger partial charge in [-0.15, -0.1) is 21.5 Å². The van der Waals surface area contributed by atoms with Gasteiger partial charge in [0.05, 0.1) is 15.7 Å². The van der Waals surface area contributed by atoms with Crippen LogP contribution < -0.4 is 10.1 Å². The summed E-state index contributed by atoms with van der Waals surface area (Å²) in [5, 5.41) is 14.5. The van der Waals surface area contributed by atoms with E-state index >= 15 is 0 Å². The SMILES string of the molecule is Cn1c(SCC(=O)Nc2ccc(Oc3ccccc3Cl)cc2)nnc1-c1cccs1. The number of ether oxygens (including phenoxy) is 1. The van der Waals surface area contributed by atoms with Crippen LogP contribution in [0.5, 0.6) is 11.5 Å². The Kier molecular flexibility index (Phi) is 6.37. The topological polar surface area (TPSA) is 69.0 Å². The van der Waals surface area contributed by atoms with Gasteiger partial charge < -0.3 is 14.6 Å². The van der Waals surface area contributed by atoms with E-state index in [9.17, 15) is 4.79 Å². The summed E-state index contributed by atoms with van der Waals surface area (Å²) in [5.41, 5.74) is 0.685. The Hall–Kier alpha value is -2.81. The molecule has 4 aromatic rings. The number of hydrogen-bond acceptors (Lipinski definition) is 6. The van der Waals surface area contributed by atoms with E-state index < -0.39 is 0 Å². The number of halogens is 1. The highest BCUT2D eigenvalue weighted by Gasteiger charge is 2.13. The number of carbonyl (C=O) groups is 1. The van der Waals surface area contributed by atoms with E-state index in [1.807, 2.05) is 41.3 Å². The van der Waals surface area contributed by atoms with Gasteiger partial charge in [-0.2, -0.15) is 0 Å². The molecule has 2 aromatic carbocycles. The molecule has 0 atom stereocenters. The minimum Gasteiger partial charge on any atom is -0.456 e. The second-order valence-electron chi connectivity index (χ2n) is 6.24. The summed E-state index contributed by atoms with van der Waals surface area (Å²) >= 11 is 9.05. The molecule has 0 spiro atoms. The number of anilines is 1. The number of rotatable bonds is 7. The maximum atomic E-state index is 12.3. The van der Waals surface area contributed by atoms with E-state index in [0.717, 1.165) is 10.7 Å². The molecule has 4 rings (SSSR count). The highest BCUT2D eigenvalue weighted by molar-refractivity contribution is 7.99. The molecule has 0 fully saturated rings. The van der Waals surface area contributed by atoms with Gasteiger partial charge in [0.15, 0.2) is 11.0 Å². The van der Waals surface area contributed by atoms with Gasteiger partial charge in [0.25, 0.3) is 0 Å². The van der Waals surface area contributed by atoms with Crippen molar-refractivity contribution in [2.45, 2.75) is 5.16 Å². The lowest BCUT2D eigenvalue weighted by Gasteiger charge is -2.09. The second kappa shape index (κ2) is 9.34. The first kappa shape index (κ1) is 20.5. The number of nitrogens with one attached hydrogen (secondary N) is 1. The van der Waals surface area contributed by atoms with Crippen molar-refractivity contribution in [3.63, 3.8) is 0 Å². The van der Waals surface area contributed by atoms with Crippen molar-refractivity contribution >= 4 is 46.3 Å². The number of aromatic nitrogens is 3. The molecule has 1 N–H and O–H groups in total. The first-order chi connectivity index (χ1) is 14.6. The Balaban J connectivity index is 1.32. The smallest absolute Gasteiger partial charge is 0.234 e. The first-order valence-electron chi connectivity index (χ1n) is 8.98. The van der Waals surface area contributed by atoms with E-state index in [4.69, 9.17) is 16.3 Å². The van der Waals surface area contributed by atoms with Gasteiger partial charge in [-0.1, -0.05) is 41.6 Å². The van der Waals surface area contributed by atoms with E-state index in [0.29, 0.717) is 27.4 Å². The number of thiophene rings is 1. The zero-order valence-corrected chi connectivity index (χ0v) is 18.3. The first-order valence-corrected chi connectivity index (χ1v) is 11.2. The molecule has 0 radical (unpaired) electrons. The van der Waals surface area contributed by atoms with Crippen molar-refractivity contribution < 1.29 is 9.53 Å². The van der Waals surface area contributed by atoms with Gasteiger partial charge in [-0.05, 0) is 47.8 Å². The van der Waals surface area contributed by atoms with Gasteiger partial charge in [0, 0.05) is 12.7 Å². The summed E-state index contributed by atoms with van der Waals surface area (Å²) in [6.45, 7) is 0. The lowest BCUT2D eigenvalue weighted by molar-refractivity contribution is -0.113. The molecule has 152 valence electrons. The highest BCUT2D eigenvalue weighted by Crippen LogP contribution is 2.29. The molecule has 6 nitrogen and oxygen atoms in total. The zero-order chi connectivity index (χ0) is 20.9. The highest BCUT2D eigenvalue weighted by atomic mass is 35.5. The molecule has 30 heavy (non-hydrogen) atoms. The van der Waals surface area contributed by atoms with Gasteiger partial charge >= 0.3 is 0 Å². The van der Waals surface area contributed by atoms with Crippen molar-refractivity contribution in [1.29, 1.82) is 0 Å². The fraction of sp³-hybridized carbons (Fsp3) is 0.0952. The zero-order valence-electron chi connectivity index (χ0n) is 15.9. The maximum absolute atomic E-state index is 12.3. The molecule has 2 heterocycles. The standard InChI is InChI=1S/C21H17ClN4O2S2/c1-26-20(18-7-4-12-29-18)24-25-21(26)30-13-19(27)23-14-8-10-15(11-9-14)28-17-6-3-2-5-16(17)22/h2-12H,13H2,1H3,(H,23,27). The summed E-state index contributed by atoms with van der Waals surface area (Å²) in [4.78, 5) is 13.4. The Morgan fingerprint density at radius 2 is 1.93 bits per heavy atom. The van der Waals surface area contributed by atoms with Crippen LogP contribution in [0.25, 0.3) is 10.7 Å². The van der Waals surface area contributed by atoms with Crippen molar-refractivity contribution in [2.24, 2.45) is 7.05 Å². The fourth-order valence-electron chi connectivity index (χ4n) is 2.65. The average Bonchev–Trinajstić information content (AvgIpc) is 3.39. The molecule has 0 saturated carbocycles. The van der Waals surface area contributed by atoms with Gasteiger partial charge in [0.2, 0.25) is 5.91 Å². The number of hydrogen-bond donors (Lipinski definition) is 1. The van der Waals surface area contributed by atoms with Crippen LogP contribution in [0.3, 0.4) is 0 Å². The van der Waals surface area contributed by atoms with Crippen LogP contribution in [0.2, 0.25) is 5.02 Å². The van der Waals surface area contributed by atoms with Crippen LogP contribution in [-0.2, 0) is 11.8 Å². The lowest BCUT2D eigenvalue weighted by atomic mass is 10.3. The predicted molar refractivity (Wildman–Crippen MR) is 122 cm³/mol. The number of carbonyl (C=O) groups excluding carboxylic acids is 1. The number of thioether (sulfide) groups is 1. The Bertz CT molecular complexity index is 1140. The van der Waals surface area contributed by atoms with E-state index in [-0.39, 0.29) is 11.7 Å². The normalized spacial score (nSPS) is 10.7. The van der Waals surface area contributed by atoms with Crippen LogP contribution in [-0.4, -0.2) is 26.4 Å². The monoisotopic (exact) mass is 456 g/mol. The Morgan fingerprint density at radius 3 is 2.67 bits per heavy atom. The minimum absolute atomic E-state index is 0.125. The number of benzene rings is 2. The summed E-state index contributed by atoms with van der Waals surface area (Å²) in [5.74, 6) is 2.12. The Labute approximate surface area is 186 Å². The van der Waals surface area contributed by atoms with Gasteiger partial charge in [-0.3, -0.25) is 4.79 Å². The van der Waals surface area contributed by atoms with Crippen molar-refractivity contribution in [1.82, 2.24) is 14.8 Å². The third-order valence-corrected chi connectivity index (χ3v) is 6.31. The fourth-order valence-corrected chi connectivity index (χ4v) is 4.28. The average molecular weight is 457 g/mol. The third kappa shape index (κ3) is 4.84. The predicted octanol–water partition coefficient (Wildman–Crippen LogP) is 5.72. The molecule has 0 aliphatic rings. The molecule has 0 bridgehead atoms. The molecule has 0 unspecified atom stereocenters. The molecule has 0 saturated heterocycles.